The van der Waals surface area contributed by atoms with Crippen LogP contribution >= 0.6 is 0 Å². The molecular formula is C22H27F3N4O4. The molecule has 0 unspecified atom stereocenters. The molecule has 0 radical (unpaired) electrons. The van der Waals surface area contributed by atoms with Gasteiger partial charge in [-0.05, 0) is 44.6 Å². The molecule has 2 saturated heterocycles. The zero-order valence-electron chi connectivity index (χ0n) is 18.7. The second-order valence-corrected chi connectivity index (χ2v) is 8.58. The minimum absolute atomic E-state index is 0.0923. The number of carbonyl (C=O) groups excluding carboxylic acids is 2. The van der Waals surface area contributed by atoms with Gasteiger partial charge in [-0.3, -0.25) is 9.59 Å². The van der Waals surface area contributed by atoms with Gasteiger partial charge >= 0.3 is 12.1 Å². The average Bonchev–Trinajstić information content (AvgIpc) is 3.26. The SMILES string of the molecule is C[C@@H]1CN(C(=O)c2cccc(C#N)c2)C[C@]12CCN(CCN(C)C)C2=O.O=C(O)C(F)(F)F. The van der Waals surface area contributed by atoms with Crippen molar-refractivity contribution in [3.63, 3.8) is 0 Å². The number of carbonyl (C=O) groups is 3. The number of hydrogen-bond donors (Lipinski definition) is 1. The number of halogens is 3. The van der Waals surface area contributed by atoms with E-state index in [0.29, 0.717) is 24.2 Å². The van der Waals surface area contributed by atoms with Gasteiger partial charge in [0, 0.05) is 38.3 Å². The molecule has 3 rings (SSSR count). The van der Waals surface area contributed by atoms with Crippen LogP contribution in [0.25, 0.3) is 0 Å². The maximum Gasteiger partial charge on any atom is 0.490 e. The van der Waals surface area contributed by atoms with Crippen molar-refractivity contribution in [2.45, 2.75) is 19.5 Å². The molecule has 0 bridgehead atoms. The van der Waals surface area contributed by atoms with Gasteiger partial charge in [0.25, 0.3) is 5.91 Å². The Morgan fingerprint density at radius 1 is 1.33 bits per heavy atom. The number of hydrogen-bond acceptors (Lipinski definition) is 5. The number of alkyl halides is 3. The van der Waals surface area contributed by atoms with Crippen molar-refractivity contribution in [3.8, 4) is 6.07 Å². The monoisotopic (exact) mass is 468 g/mol. The van der Waals surface area contributed by atoms with Crippen LogP contribution in [0.2, 0.25) is 0 Å². The number of carboxylic acids is 1. The van der Waals surface area contributed by atoms with Gasteiger partial charge in [0.2, 0.25) is 5.91 Å². The van der Waals surface area contributed by atoms with Crippen LogP contribution in [0.5, 0.6) is 0 Å². The summed E-state index contributed by atoms with van der Waals surface area (Å²) >= 11 is 0. The van der Waals surface area contributed by atoms with Crippen LogP contribution in [0, 0.1) is 22.7 Å². The van der Waals surface area contributed by atoms with Crippen LogP contribution in [-0.4, -0.2) is 90.6 Å². The first-order valence-electron chi connectivity index (χ1n) is 10.4. The Morgan fingerprint density at radius 3 is 2.52 bits per heavy atom. The molecule has 2 atom stereocenters. The van der Waals surface area contributed by atoms with Crippen molar-refractivity contribution in [1.29, 1.82) is 5.26 Å². The predicted molar refractivity (Wildman–Crippen MR) is 112 cm³/mol. The van der Waals surface area contributed by atoms with Crippen molar-refractivity contribution < 1.29 is 32.7 Å². The Morgan fingerprint density at radius 2 is 1.97 bits per heavy atom. The minimum atomic E-state index is -5.08. The van der Waals surface area contributed by atoms with Gasteiger partial charge in [0.1, 0.15) is 0 Å². The van der Waals surface area contributed by atoms with E-state index in [9.17, 15) is 22.8 Å². The van der Waals surface area contributed by atoms with E-state index >= 15 is 0 Å². The molecule has 11 heteroatoms. The molecule has 0 aromatic heterocycles. The van der Waals surface area contributed by atoms with Crippen molar-refractivity contribution >= 4 is 17.8 Å². The van der Waals surface area contributed by atoms with Crippen LogP contribution in [0.3, 0.4) is 0 Å². The lowest BCUT2D eigenvalue weighted by Gasteiger charge is -2.27. The van der Waals surface area contributed by atoms with Gasteiger partial charge < -0.3 is 19.8 Å². The summed E-state index contributed by atoms with van der Waals surface area (Å²) in [7, 11) is 4.01. The number of likely N-dealkylation sites (tertiary alicyclic amines) is 2. The first-order valence-corrected chi connectivity index (χ1v) is 10.4. The Hall–Kier alpha value is -3.13. The van der Waals surface area contributed by atoms with Crippen molar-refractivity contribution in [2.24, 2.45) is 11.3 Å². The molecule has 8 nitrogen and oxygen atoms in total. The van der Waals surface area contributed by atoms with E-state index in [1.807, 2.05) is 19.0 Å². The molecule has 0 aliphatic carbocycles. The molecule has 180 valence electrons. The maximum absolute atomic E-state index is 13.1. The molecule has 2 amide bonds. The molecule has 1 aromatic rings. The zero-order chi connectivity index (χ0) is 25.0. The number of nitriles is 1. The highest BCUT2D eigenvalue weighted by molar-refractivity contribution is 5.96. The number of nitrogens with zero attached hydrogens (tertiary/aromatic N) is 4. The molecule has 2 aliphatic rings. The summed E-state index contributed by atoms with van der Waals surface area (Å²) in [5.41, 5.74) is 0.544. The summed E-state index contributed by atoms with van der Waals surface area (Å²) < 4.78 is 31.7. The van der Waals surface area contributed by atoms with Gasteiger partial charge in [-0.25, -0.2) is 4.79 Å². The van der Waals surface area contributed by atoms with E-state index in [-0.39, 0.29) is 17.7 Å². The first-order chi connectivity index (χ1) is 15.3. The standard InChI is InChI=1S/C20H26N4O2.C2HF3O2/c1-15-13-24(18(25)17-6-4-5-16(11-17)12-21)14-20(15)7-8-23(19(20)26)10-9-22(2)3;3-2(4,5)1(6)7/h4-6,11,15H,7-10,13-14H2,1-3H3;(H,6,7)/t15-,20-;/m1./s1. The van der Waals surface area contributed by atoms with E-state index in [0.717, 1.165) is 26.1 Å². The van der Waals surface area contributed by atoms with Crippen LogP contribution < -0.4 is 0 Å². The third-order valence-electron chi connectivity index (χ3n) is 6.04. The molecule has 1 spiro atoms. The van der Waals surface area contributed by atoms with Gasteiger partial charge in [0.05, 0.1) is 17.0 Å². The topological polar surface area (TPSA) is 105 Å². The largest absolute Gasteiger partial charge is 0.490 e. The maximum atomic E-state index is 13.1. The molecule has 33 heavy (non-hydrogen) atoms. The van der Waals surface area contributed by atoms with Crippen molar-refractivity contribution in [1.82, 2.24) is 14.7 Å². The fourth-order valence-electron chi connectivity index (χ4n) is 4.12. The molecule has 0 saturated carbocycles. The van der Waals surface area contributed by atoms with Crippen LogP contribution in [0.1, 0.15) is 29.3 Å². The number of aliphatic carboxylic acids is 1. The number of amides is 2. The summed E-state index contributed by atoms with van der Waals surface area (Å²) in [5.74, 6) is -2.52. The number of rotatable bonds is 4. The second-order valence-electron chi connectivity index (χ2n) is 8.58. The lowest BCUT2D eigenvalue weighted by Crippen LogP contribution is -2.42. The van der Waals surface area contributed by atoms with Crippen LogP contribution in [0.4, 0.5) is 13.2 Å². The summed E-state index contributed by atoms with van der Waals surface area (Å²) in [6, 6.07) is 8.84. The van der Waals surface area contributed by atoms with Crippen LogP contribution in [0.15, 0.2) is 24.3 Å². The third kappa shape index (κ3) is 6.01. The number of likely N-dealkylation sites (N-methyl/N-ethyl adjacent to an activating group) is 1. The Kier molecular flexibility index (Phi) is 8.08. The van der Waals surface area contributed by atoms with Gasteiger partial charge in [0.15, 0.2) is 0 Å². The highest BCUT2D eigenvalue weighted by atomic mass is 19.4. The quantitative estimate of drug-likeness (QED) is 0.726. The summed E-state index contributed by atoms with van der Waals surface area (Å²) in [6.07, 6.45) is -4.28. The van der Waals surface area contributed by atoms with E-state index in [2.05, 4.69) is 17.9 Å². The van der Waals surface area contributed by atoms with E-state index in [1.165, 1.54) is 0 Å². The van der Waals surface area contributed by atoms with E-state index in [1.54, 1.807) is 29.2 Å². The van der Waals surface area contributed by atoms with E-state index in [4.69, 9.17) is 15.2 Å². The van der Waals surface area contributed by atoms with Crippen molar-refractivity contribution in [3.05, 3.63) is 35.4 Å². The second kappa shape index (κ2) is 10.2. The van der Waals surface area contributed by atoms with Gasteiger partial charge in [-0.2, -0.15) is 18.4 Å². The molecule has 2 heterocycles. The fourth-order valence-corrected chi connectivity index (χ4v) is 4.12. The average molecular weight is 468 g/mol. The van der Waals surface area contributed by atoms with E-state index < -0.39 is 17.6 Å². The Labute approximate surface area is 190 Å². The Balaban J connectivity index is 0.000000479. The van der Waals surface area contributed by atoms with Crippen molar-refractivity contribution in [2.75, 3.05) is 46.8 Å². The highest BCUT2D eigenvalue weighted by Crippen LogP contribution is 2.45. The smallest absolute Gasteiger partial charge is 0.475 e. The first kappa shape index (κ1) is 26.1. The highest BCUT2D eigenvalue weighted by Gasteiger charge is 2.55. The fraction of sp³-hybridized carbons (Fsp3) is 0.545. The lowest BCUT2D eigenvalue weighted by molar-refractivity contribution is -0.192. The van der Waals surface area contributed by atoms with Gasteiger partial charge in [-0.1, -0.05) is 13.0 Å². The lowest BCUT2D eigenvalue weighted by atomic mass is 9.78. The summed E-state index contributed by atoms with van der Waals surface area (Å²) in [5, 5.41) is 16.2. The predicted octanol–water partition coefficient (Wildman–Crippen LogP) is 2.06. The molecule has 1 aromatic carbocycles. The normalized spacial score (nSPS) is 22.4. The molecule has 2 aliphatic heterocycles. The van der Waals surface area contributed by atoms with Gasteiger partial charge in [-0.15, -0.1) is 0 Å². The molecule has 1 N–H and O–H groups in total. The molecule has 2 fully saturated rings. The number of benzene rings is 1. The minimum Gasteiger partial charge on any atom is -0.475 e. The number of carboxylic acid groups (broad SMARTS) is 1. The zero-order valence-corrected chi connectivity index (χ0v) is 18.7. The molecular weight excluding hydrogens is 441 g/mol. The van der Waals surface area contributed by atoms with Crippen LogP contribution in [-0.2, 0) is 9.59 Å². The third-order valence-corrected chi connectivity index (χ3v) is 6.04. The summed E-state index contributed by atoms with van der Waals surface area (Å²) in [6.45, 7) is 5.48. The summed E-state index contributed by atoms with van der Waals surface area (Å²) in [4.78, 5) is 40.7. The Bertz CT molecular complexity index is 944.